The van der Waals surface area contributed by atoms with Crippen molar-refractivity contribution in [3.05, 3.63) is 35.4 Å². The van der Waals surface area contributed by atoms with Crippen molar-refractivity contribution in [1.82, 2.24) is 5.32 Å². The molecule has 1 aromatic carbocycles. The number of rotatable bonds is 6. The van der Waals surface area contributed by atoms with Crippen LogP contribution in [0.3, 0.4) is 0 Å². The molecule has 0 radical (unpaired) electrons. The lowest BCUT2D eigenvalue weighted by Gasteiger charge is -2.22. The van der Waals surface area contributed by atoms with Gasteiger partial charge in [0.15, 0.2) is 6.04 Å². The Kier molecular flexibility index (Phi) is 6.80. The maximum absolute atomic E-state index is 12.5. The first-order chi connectivity index (χ1) is 11.4. The SMILES string of the molecule is CC(C)(C)OC(=O)NC(COCc1ccc(C(F)(F)F)cc1)C(=O)O. The topological polar surface area (TPSA) is 84.9 Å². The van der Waals surface area contributed by atoms with Crippen molar-refractivity contribution < 1.29 is 37.3 Å². The summed E-state index contributed by atoms with van der Waals surface area (Å²) >= 11 is 0. The van der Waals surface area contributed by atoms with Gasteiger partial charge in [-0.05, 0) is 38.5 Å². The van der Waals surface area contributed by atoms with Gasteiger partial charge >= 0.3 is 18.2 Å². The second-order valence-electron chi connectivity index (χ2n) is 6.25. The molecule has 0 saturated heterocycles. The first kappa shape index (κ1) is 20.8. The molecule has 1 atom stereocenters. The van der Waals surface area contributed by atoms with Crippen molar-refractivity contribution in [1.29, 1.82) is 0 Å². The third-order valence-electron chi connectivity index (χ3n) is 2.82. The van der Waals surface area contributed by atoms with Gasteiger partial charge in [0.05, 0.1) is 18.8 Å². The van der Waals surface area contributed by atoms with E-state index in [1.54, 1.807) is 20.8 Å². The minimum Gasteiger partial charge on any atom is -0.480 e. The lowest BCUT2D eigenvalue weighted by atomic mass is 10.1. The van der Waals surface area contributed by atoms with E-state index in [1.165, 1.54) is 12.1 Å². The van der Waals surface area contributed by atoms with Crippen LogP contribution in [0.2, 0.25) is 0 Å². The van der Waals surface area contributed by atoms with Gasteiger partial charge in [0.25, 0.3) is 0 Å². The van der Waals surface area contributed by atoms with E-state index in [1.807, 2.05) is 0 Å². The first-order valence-corrected chi connectivity index (χ1v) is 7.34. The number of aliphatic carboxylic acids is 1. The number of nitrogens with one attached hydrogen (secondary N) is 1. The minimum atomic E-state index is -4.43. The zero-order valence-electron chi connectivity index (χ0n) is 14.0. The van der Waals surface area contributed by atoms with Crippen LogP contribution < -0.4 is 5.32 Å². The van der Waals surface area contributed by atoms with Crippen LogP contribution in [-0.2, 0) is 27.1 Å². The predicted molar refractivity (Wildman–Crippen MR) is 81.9 cm³/mol. The van der Waals surface area contributed by atoms with Gasteiger partial charge in [0.2, 0.25) is 0 Å². The Morgan fingerprint density at radius 1 is 1.16 bits per heavy atom. The predicted octanol–water partition coefficient (Wildman–Crippen LogP) is 3.20. The fourth-order valence-corrected chi connectivity index (χ4v) is 1.71. The molecule has 0 aliphatic heterocycles. The van der Waals surface area contributed by atoms with Gasteiger partial charge in [-0.15, -0.1) is 0 Å². The summed E-state index contributed by atoms with van der Waals surface area (Å²) in [4.78, 5) is 22.7. The molecule has 25 heavy (non-hydrogen) atoms. The van der Waals surface area contributed by atoms with Gasteiger partial charge in [-0.3, -0.25) is 0 Å². The molecule has 9 heteroatoms. The fraction of sp³-hybridized carbons (Fsp3) is 0.500. The second-order valence-corrected chi connectivity index (χ2v) is 6.25. The molecule has 0 aliphatic rings. The van der Waals surface area contributed by atoms with E-state index < -0.39 is 35.4 Å². The maximum Gasteiger partial charge on any atom is 0.416 e. The highest BCUT2D eigenvalue weighted by molar-refractivity contribution is 5.80. The zero-order valence-corrected chi connectivity index (χ0v) is 14.0. The molecule has 0 aromatic heterocycles. The van der Waals surface area contributed by atoms with E-state index in [-0.39, 0.29) is 13.2 Å². The molecule has 0 aliphatic carbocycles. The molecular formula is C16H20F3NO5. The molecule has 140 valence electrons. The van der Waals surface area contributed by atoms with Crippen LogP contribution in [0.1, 0.15) is 31.9 Å². The number of alkyl halides is 3. The van der Waals surface area contributed by atoms with Crippen molar-refractivity contribution >= 4 is 12.1 Å². The Morgan fingerprint density at radius 3 is 2.16 bits per heavy atom. The molecular weight excluding hydrogens is 343 g/mol. The molecule has 1 aromatic rings. The Morgan fingerprint density at radius 2 is 1.72 bits per heavy atom. The molecule has 1 amide bonds. The van der Waals surface area contributed by atoms with E-state index in [9.17, 15) is 22.8 Å². The lowest BCUT2D eigenvalue weighted by molar-refractivity contribution is -0.141. The zero-order chi connectivity index (χ0) is 19.3. The van der Waals surface area contributed by atoms with Crippen LogP contribution >= 0.6 is 0 Å². The second kappa shape index (κ2) is 8.19. The monoisotopic (exact) mass is 363 g/mol. The first-order valence-electron chi connectivity index (χ1n) is 7.34. The third kappa shape index (κ3) is 7.88. The average molecular weight is 363 g/mol. The molecule has 6 nitrogen and oxygen atoms in total. The van der Waals surface area contributed by atoms with E-state index in [0.717, 1.165) is 12.1 Å². The van der Waals surface area contributed by atoms with Crippen LogP contribution in [0.15, 0.2) is 24.3 Å². The Bertz CT molecular complexity index is 593. The maximum atomic E-state index is 12.5. The van der Waals surface area contributed by atoms with Gasteiger partial charge < -0.3 is 19.9 Å². The number of carbonyl (C=O) groups is 2. The number of hydrogen-bond acceptors (Lipinski definition) is 4. The summed E-state index contributed by atoms with van der Waals surface area (Å²) in [6.45, 7) is 4.42. The van der Waals surface area contributed by atoms with Gasteiger partial charge in [0.1, 0.15) is 5.60 Å². The quantitative estimate of drug-likeness (QED) is 0.811. The van der Waals surface area contributed by atoms with E-state index in [2.05, 4.69) is 5.32 Å². The number of alkyl carbamates (subject to hydrolysis) is 1. The largest absolute Gasteiger partial charge is 0.480 e. The highest BCUT2D eigenvalue weighted by atomic mass is 19.4. The van der Waals surface area contributed by atoms with Crippen LogP contribution in [-0.4, -0.2) is 35.4 Å². The number of hydrogen-bond donors (Lipinski definition) is 2. The van der Waals surface area contributed by atoms with Gasteiger partial charge in [0, 0.05) is 0 Å². The van der Waals surface area contributed by atoms with E-state index in [0.29, 0.717) is 5.56 Å². The summed E-state index contributed by atoms with van der Waals surface area (Å²) in [5.41, 5.74) is -1.13. The van der Waals surface area contributed by atoms with Crippen LogP contribution in [0.5, 0.6) is 0 Å². The Hall–Kier alpha value is -2.29. The van der Waals surface area contributed by atoms with Crippen molar-refractivity contribution in [3.63, 3.8) is 0 Å². The van der Waals surface area contributed by atoms with Crippen molar-refractivity contribution in [3.8, 4) is 0 Å². The van der Waals surface area contributed by atoms with Crippen molar-refractivity contribution in [2.75, 3.05) is 6.61 Å². The van der Waals surface area contributed by atoms with Crippen LogP contribution in [0.25, 0.3) is 0 Å². The molecule has 0 heterocycles. The molecule has 0 fully saturated rings. The van der Waals surface area contributed by atoms with Gasteiger partial charge in [-0.2, -0.15) is 13.2 Å². The molecule has 1 unspecified atom stereocenters. The van der Waals surface area contributed by atoms with Crippen LogP contribution in [0.4, 0.5) is 18.0 Å². The number of amides is 1. The highest BCUT2D eigenvalue weighted by Gasteiger charge is 2.30. The lowest BCUT2D eigenvalue weighted by Crippen LogP contribution is -2.46. The van der Waals surface area contributed by atoms with Crippen molar-refractivity contribution in [2.45, 2.75) is 45.2 Å². The summed E-state index contributed by atoms with van der Waals surface area (Å²) in [7, 11) is 0. The normalized spacial score (nSPS) is 13.2. The highest BCUT2D eigenvalue weighted by Crippen LogP contribution is 2.29. The Balaban J connectivity index is 2.53. The summed E-state index contributed by atoms with van der Waals surface area (Å²) in [6, 6.07) is 2.95. The summed E-state index contributed by atoms with van der Waals surface area (Å²) in [5.74, 6) is -1.32. The van der Waals surface area contributed by atoms with Gasteiger partial charge in [-0.1, -0.05) is 12.1 Å². The van der Waals surface area contributed by atoms with E-state index >= 15 is 0 Å². The molecule has 2 N–H and O–H groups in total. The molecule has 1 rings (SSSR count). The standard InChI is InChI=1S/C16H20F3NO5/c1-15(2,3)25-14(23)20-12(13(21)22)9-24-8-10-4-6-11(7-5-10)16(17,18)19/h4-7,12H,8-9H2,1-3H3,(H,20,23)(H,21,22). The number of carboxylic acid groups (broad SMARTS) is 1. The van der Waals surface area contributed by atoms with Crippen LogP contribution in [0, 0.1) is 0 Å². The Labute approximate surface area is 142 Å². The average Bonchev–Trinajstić information content (AvgIpc) is 2.43. The fourth-order valence-electron chi connectivity index (χ4n) is 1.71. The number of carbonyl (C=O) groups excluding carboxylic acids is 1. The summed E-state index contributed by atoms with van der Waals surface area (Å²) < 4.78 is 47.5. The number of benzene rings is 1. The molecule has 0 spiro atoms. The van der Waals surface area contributed by atoms with Gasteiger partial charge in [-0.25, -0.2) is 9.59 Å². The smallest absolute Gasteiger partial charge is 0.416 e. The minimum absolute atomic E-state index is 0.0993. The number of carboxylic acids is 1. The molecule has 0 bridgehead atoms. The summed E-state index contributed by atoms with van der Waals surface area (Å²) in [6.07, 6.45) is -5.33. The summed E-state index contributed by atoms with van der Waals surface area (Å²) in [5, 5.41) is 11.2. The third-order valence-corrected chi connectivity index (χ3v) is 2.82. The number of ether oxygens (including phenoxy) is 2. The van der Waals surface area contributed by atoms with E-state index in [4.69, 9.17) is 14.6 Å². The molecule has 0 saturated carbocycles. The number of halogens is 3. The van der Waals surface area contributed by atoms with Crippen molar-refractivity contribution in [2.24, 2.45) is 0 Å².